The van der Waals surface area contributed by atoms with Gasteiger partial charge in [0.1, 0.15) is 11.6 Å². The van der Waals surface area contributed by atoms with Crippen LogP contribution in [-0.4, -0.2) is 16.2 Å². The van der Waals surface area contributed by atoms with Gasteiger partial charge in [-0.25, -0.2) is 10.8 Å². The Morgan fingerprint density at radius 3 is 2.61 bits per heavy atom. The van der Waals surface area contributed by atoms with Crippen LogP contribution in [0.5, 0.6) is 11.6 Å². The smallest absolute Gasteiger partial charge is 0.225 e. The highest BCUT2D eigenvalue weighted by molar-refractivity contribution is 14.1. The fourth-order valence-electron chi connectivity index (χ4n) is 1.24. The van der Waals surface area contributed by atoms with E-state index in [0.29, 0.717) is 16.9 Å². The van der Waals surface area contributed by atoms with Gasteiger partial charge in [0, 0.05) is 9.64 Å². The molecule has 7 heteroatoms. The summed E-state index contributed by atoms with van der Waals surface area (Å²) in [5.74, 6) is 7.06. The molecule has 0 fully saturated rings. The predicted molar refractivity (Wildman–Crippen MR) is 80.9 cm³/mol. The molecule has 2 rings (SSSR count). The fourth-order valence-corrected chi connectivity index (χ4v) is 1.98. The molecular weight excluding hydrogens is 363 g/mol. The molecule has 0 saturated carbocycles. The Morgan fingerprint density at radius 2 is 2.00 bits per heavy atom. The van der Waals surface area contributed by atoms with Crippen LogP contribution in [0.15, 0.2) is 35.5 Å². The number of aromatic nitrogens is 2. The van der Waals surface area contributed by atoms with Crippen molar-refractivity contribution in [3.05, 3.63) is 33.9 Å². The van der Waals surface area contributed by atoms with E-state index in [9.17, 15) is 0 Å². The average Bonchev–Trinajstić information content (AvgIpc) is 2.41. The number of thioether (sulfide) groups is 1. The van der Waals surface area contributed by atoms with Gasteiger partial charge < -0.3 is 10.2 Å². The molecule has 3 N–H and O–H groups in total. The first-order chi connectivity index (χ1) is 8.71. The number of halogens is 1. The number of nitrogens with one attached hydrogen (secondary N) is 1. The molecule has 0 atom stereocenters. The van der Waals surface area contributed by atoms with E-state index in [2.05, 4.69) is 38.0 Å². The predicted octanol–water partition coefficient (Wildman–Crippen LogP) is 2.88. The lowest BCUT2D eigenvalue weighted by molar-refractivity contribution is 0.456. The fraction of sp³-hybridized carbons (Fsp3) is 0.0909. The number of nitrogen functional groups attached to an aromatic ring is 1. The van der Waals surface area contributed by atoms with Crippen molar-refractivity contribution < 1.29 is 4.74 Å². The minimum Gasteiger partial charge on any atom is -0.439 e. The van der Waals surface area contributed by atoms with Gasteiger partial charge in [-0.2, -0.15) is 4.98 Å². The summed E-state index contributed by atoms with van der Waals surface area (Å²) < 4.78 is 6.80. The largest absolute Gasteiger partial charge is 0.439 e. The molecule has 0 unspecified atom stereocenters. The zero-order valence-electron chi connectivity index (χ0n) is 9.55. The molecule has 1 aromatic carbocycles. The lowest BCUT2D eigenvalue weighted by atomic mass is 10.3. The summed E-state index contributed by atoms with van der Waals surface area (Å²) in [6, 6.07) is 9.36. The van der Waals surface area contributed by atoms with Crippen molar-refractivity contribution in [3.63, 3.8) is 0 Å². The molecule has 0 aliphatic carbocycles. The van der Waals surface area contributed by atoms with Gasteiger partial charge in [-0.15, -0.1) is 0 Å². The summed E-state index contributed by atoms with van der Waals surface area (Å²) in [6.07, 6.45) is 1.89. The average molecular weight is 374 g/mol. The molecule has 0 aliphatic heterocycles. The van der Waals surface area contributed by atoms with E-state index in [-0.39, 0.29) is 0 Å². The number of hydrogen-bond acceptors (Lipinski definition) is 6. The third kappa shape index (κ3) is 3.47. The number of nitrogens with two attached hydrogens (primary N) is 1. The quantitative estimate of drug-likeness (QED) is 0.282. The van der Waals surface area contributed by atoms with Crippen molar-refractivity contribution in [2.24, 2.45) is 5.84 Å². The Morgan fingerprint density at radius 1 is 1.28 bits per heavy atom. The van der Waals surface area contributed by atoms with Crippen LogP contribution in [0, 0.1) is 3.57 Å². The molecule has 0 radical (unpaired) electrons. The summed E-state index contributed by atoms with van der Waals surface area (Å²) in [7, 11) is 0. The first kappa shape index (κ1) is 13.4. The van der Waals surface area contributed by atoms with Gasteiger partial charge in [-0.05, 0) is 53.1 Å². The molecule has 0 aliphatic rings. The van der Waals surface area contributed by atoms with E-state index in [4.69, 9.17) is 10.6 Å². The maximum Gasteiger partial charge on any atom is 0.225 e. The highest BCUT2D eigenvalue weighted by Crippen LogP contribution is 2.24. The standard InChI is InChI=1S/C11H11IN4OS/c1-18-11-14-9(16-13)6-10(15-11)17-8-4-2-7(12)3-5-8/h2-6H,13H2,1H3,(H,14,15,16). The van der Waals surface area contributed by atoms with Gasteiger partial charge in [0.25, 0.3) is 0 Å². The number of hydrazine groups is 1. The zero-order valence-corrected chi connectivity index (χ0v) is 12.5. The van der Waals surface area contributed by atoms with E-state index >= 15 is 0 Å². The zero-order chi connectivity index (χ0) is 13.0. The Balaban J connectivity index is 2.25. The molecule has 0 saturated heterocycles. The van der Waals surface area contributed by atoms with Gasteiger partial charge in [0.05, 0.1) is 0 Å². The molecule has 1 heterocycles. The Kier molecular flexibility index (Phi) is 4.61. The van der Waals surface area contributed by atoms with Crippen LogP contribution in [0.3, 0.4) is 0 Å². The van der Waals surface area contributed by atoms with Crippen LogP contribution < -0.4 is 16.0 Å². The van der Waals surface area contributed by atoms with Gasteiger partial charge in [-0.3, -0.25) is 0 Å². The summed E-state index contributed by atoms with van der Waals surface area (Å²) >= 11 is 3.67. The van der Waals surface area contributed by atoms with Crippen LogP contribution in [0.25, 0.3) is 0 Å². The van der Waals surface area contributed by atoms with Crippen molar-refractivity contribution in [2.75, 3.05) is 11.7 Å². The number of rotatable bonds is 4. The second kappa shape index (κ2) is 6.21. The lowest BCUT2D eigenvalue weighted by Gasteiger charge is -2.07. The number of hydrogen-bond donors (Lipinski definition) is 2. The molecule has 0 amide bonds. The van der Waals surface area contributed by atoms with Crippen LogP contribution in [0.2, 0.25) is 0 Å². The van der Waals surface area contributed by atoms with Crippen molar-refractivity contribution in [3.8, 4) is 11.6 Å². The molecule has 18 heavy (non-hydrogen) atoms. The van der Waals surface area contributed by atoms with Gasteiger partial charge >= 0.3 is 0 Å². The molecule has 1 aromatic heterocycles. The molecule has 94 valence electrons. The number of nitrogens with zero attached hydrogens (tertiary/aromatic N) is 2. The van der Waals surface area contributed by atoms with Gasteiger partial charge in [0.2, 0.25) is 5.88 Å². The van der Waals surface area contributed by atoms with Crippen LogP contribution in [0.1, 0.15) is 0 Å². The minimum atomic E-state index is 0.462. The van der Waals surface area contributed by atoms with Crippen molar-refractivity contribution >= 4 is 40.2 Å². The van der Waals surface area contributed by atoms with Crippen molar-refractivity contribution in [1.82, 2.24) is 9.97 Å². The van der Waals surface area contributed by atoms with Gasteiger partial charge in [0.15, 0.2) is 5.16 Å². The summed E-state index contributed by atoms with van der Waals surface area (Å²) in [5.41, 5.74) is 2.49. The number of ether oxygens (including phenoxy) is 1. The lowest BCUT2D eigenvalue weighted by Crippen LogP contribution is -2.09. The minimum absolute atomic E-state index is 0.462. The number of benzene rings is 1. The van der Waals surface area contributed by atoms with Crippen LogP contribution >= 0.6 is 34.4 Å². The monoisotopic (exact) mass is 374 g/mol. The SMILES string of the molecule is CSc1nc(NN)cc(Oc2ccc(I)cc2)n1. The Labute approximate surface area is 123 Å². The first-order valence-corrected chi connectivity index (χ1v) is 7.34. The topological polar surface area (TPSA) is 73.1 Å². The van der Waals surface area contributed by atoms with Gasteiger partial charge in [-0.1, -0.05) is 11.8 Å². The molecular formula is C11H11IN4OS. The molecule has 2 aromatic rings. The highest BCUT2D eigenvalue weighted by Gasteiger charge is 2.05. The second-order valence-electron chi connectivity index (χ2n) is 3.28. The van der Waals surface area contributed by atoms with Crippen LogP contribution in [0.4, 0.5) is 5.82 Å². The van der Waals surface area contributed by atoms with E-state index in [0.717, 1.165) is 9.32 Å². The molecule has 5 nitrogen and oxygen atoms in total. The van der Waals surface area contributed by atoms with E-state index in [1.807, 2.05) is 30.5 Å². The van der Waals surface area contributed by atoms with Crippen molar-refractivity contribution in [1.29, 1.82) is 0 Å². The number of anilines is 1. The molecule has 0 spiro atoms. The second-order valence-corrected chi connectivity index (χ2v) is 5.30. The van der Waals surface area contributed by atoms with E-state index < -0.39 is 0 Å². The highest BCUT2D eigenvalue weighted by atomic mass is 127. The maximum absolute atomic E-state index is 5.65. The van der Waals surface area contributed by atoms with Crippen LogP contribution in [-0.2, 0) is 0 Å². The summed E-state index contributed by atoms with van der Waals surface area (Å²) in [5, 5.41) is 0.603. The third-order valence-corrected chi connectivity index (χ3v) is 3.32. The van der Waals surface area contributed by atoms with Crippen molar-refractivity contribution in [2.45, 2.75) is 5.16 Å². The Bertz CT molecular complexity index is 513. The first-order valence-electron chi connectivity index (χ1n) is 5.04. The summed E-state index contributed by atoms with van der Waals surface area (Å²) in [6.45, 7) is 0. The summed E-state index contributed by atoms with van der Waals surface area (Å²) in [4.78, 5) is 8.41. The van der Waals surface area contributed by atoms with E-state index in [1.165, 1.54) is 11.8 Å². The third-order valence-electron chi connectivity index (χ3n) is 2.05. The Hall–Kier alpha value is -1.06. The molecule has 0 bridgehead atoms. The maximum atomic E-state index is 5.65. The normalized spacial score (nSPS) is 10.2. The van der Waals surface area contributed by atoms with E-state index in [1.54, 1.807) is 6.07 Å².